The van der Waals surface area contributed by atoms with Gasteiger partial charge in [0.05, 0.1) is 5.60 Å². The second-order valence-corrected chi connectivity index (χ2v) is 9.54. The van der Waals surface area contributed by atoms with Crippen LogP contribution in [0, 0.1) is 0 Å². The van der Waals surface area contributed by atoms with Gasteiger partial charge in [-0.05, 0) is 65.5 Å². The molecule has 0 aromatic heterocycles. The van der Waals surface area contributed by atoms with Crippen LogP contribution in [0.1, 0.15) is 54.4 Å². The Hall–Kier alpha value is -2.42. The Kier molecular flexibility index (Phi) is 4.33. The minimum atomic E-state index is -0.702. The molecule has 3 aromatic carbocycles. The van der Waals surface area contributed by atoms with Crippen LogP contribution < -0.4 is 0 Å². The molecule has 0 amide bonds. The molecule has 1 N–H and O–H groups in total. The van der Waals surface area contributed by atoms with Crippen LogP contribution in [0.25, 0.3) is 11.1 Å². The van der Waals surface area contributed by atoms with Crippen molar-refractivity contribution >= 4 is 0 Å². The Balaban J connectivity index is 1.28. The first kappa shape index (κ1) is 18.4. The van der Waals surface area contributed by atoms with Crippen LogP contribution in [-0.4, -0.2) is 22.1 Å². The Bertz CT molecular complexity index is 1060. The van der Waals surface area contributed by atoms with Gasteiger partial charge in [-0.1, -0.05) is 79.2 Å². The molecule has 30 heavy (non-hydrogen) atoms. The maximum Gasteiger partial charge on any atom is 0.0926 e. The monoisotopic (exact) mass is 395 g/mol. The molecular formula is C28H29NO. The first-order valence-corrected chi connectivity index (χ1v) is 11.4. The standard InChI is InChI=1S/C28H29NO/c30-28(23-13-14-27-22(16-23)15-21-9-4-5-12-26(21)27)17-24-10-6-11-25(18-28)29(24)19-20-7-2-1-3-8-20/h1-5,7-9,12-14,16,24-25,30H,6,10-11,15,17-19H2. The van der Waals surface area contributed by atoms with E-state index in [0.717, 1.165) is 31.4 Å². The van der Waals surface area contributed by atoms with Gasteiger partial charge in [-0.3, -0.25) is 4.90 Å². The summed E-state index contributed by atoms with van der Waals surface area (Å²) in [7, 11) is 0. The van der Waals surface area contributed by atoms with Gasteiger partial charge in [-0.2, -0.15) is 0 Å². The van der Waals surface area contributed by atoms with E-state index in [9.17, 15) is 5.11 Å². The second kappa shape index (κ2) is 7.08. The van der Waals surface area contributed by atoms with Crippen molar-refractivity contribution in [3.05, 3.63) is 95.1 Å². The first-order valence-electron chi connectivity index (χ1n) is 11.4. The highest BCUT2D eigenvalue weighted by Crippen LogP contribution is 2.46. The van der Waals surface area contributed by atoms with Crippen LogP contribution in [0.5, 0.6) is 0 Å². The van der Waals surface area contributed by atoms with Gasteiger partial charge < -0.3 is 5.11 Å². The third kappa shape index (κ3) is 3.02. The Labute approximate surface area is 179 Å². The van der Waals surface area contributed by atoms with Crippen molar-refractivity contribution in [3.8, 4) is 11.1 Å². The van der Waals surface area contributed by atoms with Crippen molar-refractivity contribution in [2.75, 3.05) is 0 Å². The van der Waals surface area contributed by atoms with E-state index in [1.54, 1.807) is 0 Å². The van der Waals surface area contributed by atoms with Crippen molar-refractivity contribution in [2.45, 2.75) is 62.8 Å². The molecule has 2 heterocycles. The molecule has 2 heteroatoms. The molecule has 2 saturated heterocycles. The number of fused-ring (bicyclic) bond motifs is 5. The molecule has 2 unspecified atom stereocenters. The molecule has 2 fully saturated rings. The van der Waals surface area contributed by atoms with E-state index in [2.05, 4.69) is 77.7 Å². The van der Waals surface area contributed by atoms with Gasteiger partial charge in [0.1, 0.15) is 0 Å². The normalized spacial score (nSPS) is 27.5. The summed E-state index contributed by atoms with van der Waals surface area (Å²) in [6.07, 6.45) is 6.37. The van der Waals surface area contributed by atoms with Crippen LogP contribution in [0.2, 0.25) is 0 Å². The fraction of sp³-hybridized carbons (Fsp3) is 0.357. The predicted molar refractivity (Wildman–Crippen MR) is 121 cm³/mol. The Morgan fingerprint density at radius 2 is 1.50 bits per heavy atom. The summed E-state index contributed by atoms with van der Waals surface area (Å²) < 4.78 is 0. The van der Waals surface area contributed by atoms with Gasteiger partial charge in [0.25, 0.3) is 0 Å². The lowest BCUT2D eigenvalue weighted by Gasteiger charge is -2.52. The number of aliphatic hydroxyl groups is 1. The van der Waals surface area contributed by atoms with Gasteiger partial charge in [0, 0.05) is 18.6 Å². The second-order valence-electron chi connectivity index (χ2n) is 9.54. The molecule has 2 atom stereocenters. The van der Waals surface area contributed by atoms with Gasteiger partial charge in [-0.15, -0.1) is 0 Å². The van der Waals surface area contributed by atoms with Crippen LogP contribution in [0.15, 0.2) is 72.8 Å². The van der Waals surface area contributed by atoms with Crippen molar-refractivity contribution in [2.24, 2.45) is 0 Å². The summed E-state index contributed by atoms with van der Waals surface area (Å²) in [5.74, 6) is 0. The Morgan fingerprint density at radius 1 is 0.800 bits per heavy atom. The lowest BCUT2D eigenvalue weighted by atomic mass is 9.72. The summed E-state index contributed by atoms with van der Waals surface area (Å²) in [5, 5.41) is 11.9. The summed E-state index contributed by atoms with van der Waals surface area (Å²) in [5.41, 5.74) is 7.30. The molecule has 0 saturated carbocycles. The van der Waals surface area contributed by atoms with Crippen molar-refractivity contribution in [3.63, 3.8) is 0 Å². The van der Waals surface area contributed by atoms with Crippen molar-refractivity contribution in [1.82, 2.24) is 4.90 Å². The van der Waals surface area contributed by atoms with E-state index >= 15 is 0 Å². The SMILES string of the molecule is OC1(c2ccc3c(c2)Cc2ccccc2-3)CC2CCCC(C1)N2Cc1ccccc1. The molecule has 1 aliphatic carbocycles. The zero-order chi connectivity index (χ0) is 20.1. The molecular weight excluding hydrogens is 366 g/mol. The fourth-order valence-electron chi connectivity index (χ4n) is 6.24. The van der Waals surface area contributed by atoms with Crippen LogP contribution >= 0.6 is 0 Å². The van der Waals surface area contributed by atoms with E-state index in [-0.39, 0.29) is 0 Å². The number of rotatable bonds is 3. The topological polar surface area (TPSA) is 23.5 Å². The van der Waals surface area contributed by atoms with Gasteiger partial charge >= 0.3 is 0 Å². The molecule has 3 aromatic rings. The minimum absolute atomic E-state index is 0.466. The third-order valence-corrected chi connectivity index (χ3v) is 7.70. The molecule has 152 valence electrons. The van der Waals surface area contributed by atoms with E-state index in [4.69, 9.17) is 0 Å². The largest absolute Gasteiger partial charge is 0.385 e. The molecule has 6 rings (SSSR count). The average molecular weight is 396 g/mol. The zero-order valence-corrected chi connectivity index (χ0v) is 17.4. The summed E-state index contributed by atoms with van der Waals surface area (Å²) in [6, 6.07) is 27.2. The smallest absolute Gasteiger partial charge is 0.0926 e. The first-order chi connectivity index (χ1) is 14.7. The number of hydrogen-bond donors (Lipinski definition) is 1. The minimum Gasteiger partial charge on any atom is -0.385 e. The molecule has 3 aliphatic rings. The highest BCUT2D eigenvalue weighted by atomic mass is 16.3. The van der Waals surface area contributed by atoms with Gasteiger partial charge in [0.15, 0.2) is 0 Å². The zero-order valence-electron chi connectivity index (χ0n) is 17.4. The predicted octanol–water partition coefficient (Wildman–Crippen LogP) is 5.66. The molecule has 2 aliphatic heterocycles. The summed E-state index contributed by atoms with van der Waals surface area (Å²) in [6.45, 7) is 1.01. The molecule has 2 bridgehead atoms. The molecule has 0 spiro atoms. The Morgan fingerprint density at radius 3 is 2.30 bits per heavy atom. The number of benzene rings is 3. The maximum atomic E-state index is 11.9. The van der Waals surface area contributed by atoms with Crippen molar-refractivity contribution < 1.29 is 5.11 Å². The molecule has 0 radical (unpaired) electrons. The fourth-order valence-corrected chi connectivity index (χ4v) is 6.24. The quantitative estimate of drug-likeness (QED) is 0.484. The number of piperidine rings is 2. The van der Waals surface area contributed by atoms with Crippen LogP contribution in [0.4, 0.5) is 0 Å². The highest BCUT2D eigenvalue weighted by Gasteiger charge is 2.46. The van der Waals surface area contributed by atoms with Gasteiger partial charge in [0.2, 0.25) is 0 Å². The van der Waals surface area contributed by atoms with Crippen LogP contribution in [0.3, 0.4) is 0 Å². The van der Waals surface area contributed by atoms with Crippen molar-refractivity contribution in [1.29, 1.82) is 0 Å². The summed E-state index contributed by atoms with van der Waals surface area (Å²) >= 11 is 0. The van der Waals surface area contributed by atoms with E-state index in [1.807, 2.05) is 0 Å². The van der Waals surface area contributed by atoms with Gasteiger partial charge in [-0.25, -0.2) is 0 Å². The third-order valence-electron chi connectivity index (χ3n) is 7.70. The van der Waals surface area contributed by atoms with E-state index < -0.39 is 5.60 Å². The number of hydrogen-bond acceptors (Lipinski definition) is 2. The maximum absolute atomic E-state index is 11.9. The average Bonchev–Trinajstić information content (AvgIpc) is 3.13. The lowest BCUT2D eigenvalue weighted by Crippen LogP contribution is -2.56. The van der Waals surface area contributed by atoms with E-state index in [1.165, 1.54) is 47.1 Å². The van der Waals surface area contributed by atoms with E-state index in [0.29, 0.717) is 12.1 Å². The summed E-state index contributed by atoms with van der Waals surface area (Å²) in [4.78, 5) is 2.68. The highest BCUT2D eigenvalue weighted by molar-refractivity contribution is 5.77. The molecule has 2 nitrogen and oxygen atoms in total. The van der Waals surface area contributed by atoms with Crippen LogP contribution in [-0.2, 0) is 18.6 Å². The lowest BCUT2D eigenvalue weighted by molar-refractivity contribution is -0.0999. The number of nitrogens with zero attached hydrogens (tertiary/aromatic N) is 1.